The Morgan fingerprint density at radius 2 is 2.08 bits per heavy atom. The summed E-state index contributed by atoms with van der Waals surface area (Å²) < 4.78 is 7.49. The van der Waals surface area contributed by atoms with E-state index < -0.39 is 0 Å². The van der Waals surface area contributed by atoms with Crippen LogP contribution < -0.4 is 0 Å². The van der Waals surface area contributed by atoms with E-state index in [1.807, 2.05) is 48.3 Å². The first kappa shape index (κ1) is 15.1. The number of hydrogen-bond acceptors (Lipinski definition) is 4. The van der Waals surface area contributed by atoms with E-state index in [-0.39, 0.29) is 0 Å². The van der Waals surface area contributed by atoms with Gasteiger partial charge < -0.3 is 4.52 Å². The van der Waals surface area contributed by atoms with E-state index in [0.717, 1.165) is 30.1 Å². The summed E-state index contributed by atoms with van der Waals surface area (Å²) in [4.78, 5) is 2.48. The third kappa shape index (κ3) is 2.76. The summed E-state index contributed by atoms with van der Waals surface area (Å²) in [5.74, 6) is 0.832. The molecule has 124 valence electrons. The van der Waals surface area contributed by atoms with Crippen LogP contribution in [0, 0.1) is 6.92 Å². The Kier molecular flexibility index (Phi) is 3.94. The van der Waals surface area contributed by atoms with E-state index in [4.69, 9.17) is 4.52 Å². The van der Waals surface area contributed by atoms with Gasteiger partial charge in [0, 0.05) is 42.5 Å². The highest BCUT2D eigenvalue weighted by atomic mass is 16.5. The molecule has 0 aliphatic carbocycles. The average Bonchev–Trinajstić information content (AvgIpc) is 3.32. The average molecular weight is 322 g/mol. The molecule has 5 nitrogen and oxygen atoms in total. The van der Waals surface area contributed by atoms with Gasteiger partial charge in [-0.1, -0.05) is 35.5 Å². The fraction of sp³-hybridized carbons (Fsp3) is 0.368. The summed E-state index contributed by atoms with van der Waals surface area (Å²) in [7, 11) is 2.00. The van der Waals surface area contributed by atoms with Gasteiger partial charge in [0.25, 0.3) is 0 Å². The van der Waals surface area contributed by atoms with Crippen molar-refractivity contribution < 1.29 is 4.52 Å². The van der Waals surface area contributed by atoms with Gasteiger partial charge in [-0.15, -0.1) is 0 Å². The smallest absolute Gasteiger partial charge is 0.167 e. The van der Waals surface area contributed by atoms with E-state index in [1.165, 1.54) is 24.1 Å². The van der Waals surface area contributed by atoms with E-state index in [9.17, 15) is 0 Å². The van der Waals surface area contributed by atoms with Crippen molar-refractivity contribution in [1.82, 2.24) is 19.8 Å². The molecule has 2 aromatic heterocycles. The van der Waals surface area contributed by atoms with Gasteiger partial charge in [0.1, 0.15) is 0 Å². The van der Waals surface area contributed by atoms with Gasteiger partial charge in [-0.25, -0.2) is 0 Å². The molecule has 1 saturated heterocycles. The number of likely N-dealkylation sites (tertiary alicyclic amines) is 1. The zero-order chi connectivity index (χ0) is 16.5. The van der Waals surface area contributed by atoms with Gasteiger partial charge in [-0.05, 0) is 26.3 Å². The van der Waals surface area contributed by atoms with Gasteiger partial charge in [0.05, 0.1) is 11.9 Å². The fourth-order valence-corrected chi connectivity index (χ4v) is 3.54. The number of benzene rings is 1. The molecule has 3 aromatic rings. The molecule has 24 heavy (non-hydrogen) atoms. The normalized spacial score (nSPS) is 18.3. The zero-order valence-corrected chi connectivity index (χ0v) is 14.1. The second kappa shape index (κ2) is 6.24. The molecule has 0 saturated carbocycles. The first-order chi connectivity index (χ1) is 11.7. The predicted octanol–water partition coefficient (Wildman–Crippen LogP) is 3.72. The van der Waals surface area contributed by atoms with Crippen LogP contribution in [0.2, 0.25) is 0 Å². The van der Waals surface area contributed by atoms with Crippen molar-refractivity contribution in [2.45, 2.75) is 32.4 Å². The molecule has 0 amide bonds. The molecule has 1 aliphatic rings. The molecule has 1 unspecified atom stereocenters. The minimum atomic E-state index is 0.426. The quantitative estimate of drug-likeness (QED) is 0.734. The predicted molar refractivity (Wildman–Crippen MR) is 92.3 cm³/mol. The zero-order valence-electron chi connectivity index (χ0n) is 14.1. The number of nitrogens with zero attached hydrogens (tertiary/aromatic N) is 4. The second-order valence-corrected chi connectivity index (χ2v) is 6.49. The van der Waals surface area contributed by atoms with Crippen LogP contribution in [-0.4, -0.2) is 26.4 Å². The molecule has 1 aromatic carbocycles. The third-order valence-electron chi connectivity index (χ3n) is 4.98. The maximum atomic E-state index is 5.54. The monoisotopic (exact) mass is 322 g/mol. The van der Waals surface area contributed by atoms with Crippen LogP contribution in [0.5, 0.6) is 0 Å². The summed E-state index contributed by atoms with van der Waals surface area (Å²) in [5, 5.41) is 8.68. The van der Waals surface area contributed by atoms with Crippen LogP contribution in [0.25, 0.3) is 11.3 Å². The summed E-state index contributed by atoms with van der Waals surface area (Å²) in [6.45, 7) is 4.05. The van der Waals surface area contributed by atoms with Crippen LogP contribution in [-0.2, 0) is 13.6 Å². The molecule has 5 heteroatoms. The van der Waals surface area contributed by atoms with Gasteiger partial charge in [0.15, 0.2) is 5.76 Å². The van der Waals surface area contributed by atoms with E-state index in [0.29, 0.717) is 6.04 Å². The minimum Gasteiger partial charge on any atom is -0.356 e. The summed E-state index contributed by atoms with van der Waals surface area (Å²) >= 11 is 0. The van der Waals surface area contributed by atoms with Gasteiger partial charge in [-0.3, -0.25) is 9.58 Å². The molecule has 1 fully saturated rings. The van der Waals surface area contributed by atoms with Crippen molar-refractivity contribution >= 4 is 0 Å². The van der Waals surface area contributed by atoms with Crippen LogP contribution in [0.15, 0.2) is 47.1 Å². The lowest BCUT2D eigenvalue weighted by molar-refractivity contribution is 0.240. The second-order valence-electron chi connectivity index (χ2n) is 6.49. The lowest BCUT2D eigenvalue weighted by Gasteiger charge is -2.23. The van der Waals surface area contributed by atoms with E-state index in [2.05, 4.69) is 28.1 Å². The Bertz CT molecular complexity index is 821. The topological polar surface area (TPSA) is 47.1 Å². The molecular weight excluding hydrogens is 300 g/mol. The molecular formula is C19H22N4O. The minimum absolute atomic E-state index is 0.426. The van der Waals surface area contributed by atoms with Crippen molar-refractivity contribution in [3.63, 3.8) is 0 Å². The highest BCUT2D eigenvalue weighted by Gasteiger charge is 2.29. The molecule has 1 atom stereocenters. The molecule has 0 spiro atoms. The Hall–Kier alpha value is -2.40. The summed E-state index contributed by atoms with van der Waals surface area (Å²) in [6, 6.07) is 12.6. The van der Waals surface area contributed by atoms with Gasteiger partial charge in [-0.2, -0.15) is 5.10 Å². The van der Waals surface area contributed by atoms with Crippen molar-refractivity contribution in [2.75, 3.05) is 6.54 Å². The van der Waals surface area contributed by atoms with Crippen LogP contribution in [0.4, 0.5) is 0 Å². The van der Waals surface area contributed by atoms with Crippen molar-refractivity contribution in [3.05, 3.63) is 59.5 Å². The summed E-state index contributed by atoms with van der Waals surface area (Å²) in [6.07, 6.45) is 4.40. The molecule has 0 N–H and O–H groups in total. The third-order valence-corrected chi connectivity index (χ3v) is 4.98. The molecule has 0 bridgehead atoms. The number of hydrogen-bond donors (Lipinski definition) is 0. The lowest BCUT2D eigenvalue weighted by Crippen LogP contribution is -2.23. The van der Waals surface area contributed by atoms with Crippen molar-refractivity contribution in [1.29, 1.82) is 0 Å². The SMILES string of the molecule is Cc1c(C2CCCN2Cc2cc(-c3ccccc3)on2)cnn1C. The Balaban J connectivity index is 1.53. The molecule has 3 heterocycles. The van der Waals surface area contributed by atoms with E-state index >= 15 is 0 Å². The van der Waals surface area contributed by atoms with E-state index in [1.54, 1.807) is 0 Å². The van der Waals surface area contributed by atoms with Crippen LogP contribution in [0.1, 0.15) is 35.8 Å². The number of rotatable bonds is 4. The molecule has 1 aliphatic heterocycles. The highest BCUT2D eigenvalue weighted by Crippen LogP contribution is 2.34. The Labute approximate surface area is 141 Å². The summed E-state index contributed by atoms with van der Waals surface area (Å²) in [5.41, 5.74) is 4.64. The Morgan fingerprint density at radius 1 is 1.25 bits per heavy atom. The standard InChI is InChI=1S/C19H22N4O/c1-14-17(12-20-22(14)2)18-9-6-10-23(18)13-16-11-19(24-21-16)15-7-4-3-5-8-15/h3-5,7-8,11-12,18H,6,9-10,13H2,1-2H3. The molecule has 0 radical (unpaired) electrons. The fourth-order valence-electron chi connectivity index (χ4n) is 3.54. The highest BCUT2D eigenvalue weighted by molar-refractivity contribution is 5.56. The van der Waals surface area contributed by atoms with Crippen molar-refractivity contribution in [3.8, 4) is 11.3 Å². The first-order valence-corrected chi connectivity index (χ1v) is 8.46. The number of aryl methyl sites for hydroxylation is 1. The molecule has 4 rings (SSSR count). The van der Waals surface area contributed by atoms with Crippen LogP contribution >= 0.6 is 0 Å². The van der Waals surface area contributed by atoms with Gasteiger partial charge in [0.2, 0.25) is 0 Å². The van der Waals surface area contributed by atoms with Crippen molar-refractivity contribution in [2.24, 2.45) is 7.05 Å². The van der Waals surface area contributed by atoms with Crippen LogP contribution in [0.3, 0.4) is 0 Å². The Morgan fingerprint density at radius 3 is 2.83 bits per heavy atom. The maximum Gasteiger partial charge on any atom is 0.167 e. The largest absolute Gasteiger partial charge is 0.356 e. The lowest BCUT2D eigenvalue weighted by atomic mass is 10.1. The first-order valence-electron chi connectivity index (χ1n) is 8.46. The maximum absolute atomic E-state index is 5.54. The van der Waals surface area contributed by atoms with Gasteiger partial charge >= 0.3 is 0 Å². The number of aromatic nitrogens is 3.